The molecular formula is C18H29NOS. The fourth-order valence-corrected chi connectivity index (χ4v) is 3.93. The predicted molar refractivity (Wildman–Crippen MR) is 93.6 cm³/mol. The third-order valence-corrected chi connectivity index (χ3v) is 5.34. The van der Waals surface area contributed by atoms with Crippen molar-refractivity contribution >= 4 is 11.8 Å². The van der Waals surface area contributed by atoms with Crippen molar-refractivity contribution in [2.45, 2.75) is 51.5 Å². The van der Waals surface area contributed by atoms with Crippen LogP contribution in [0.3, 0.4) is 0 Å². The highest BCUT2D eigenvalue weighted by Gasteiger charge is 2.24. The molecule has 0 fully saturated rings. The molecule has 2 rings (SSSR count). The summed E-state index contributed by atoms with van der Waals surface area (Å²) in [7, 11) is 0. The van der Waals surface area contributed by atoms with Crippen molar-refractivity contribution in [3.8, 4) is 5.75 Å². The summed E-state index contributed by atoms with van der Waals surface area (Å²) in [6.07, 6.45) is 4.86. The number of ether oxygens (including phenoxy) is 1. The van der Waals surface area contributed by atoms with Crippen molar-refractivity contribution in [3.05, 3.63) is 29.8 Å². The molecule has 3 heteroatoms. The molecule has 0 aromatic heterocycles. The zero-order valence-electron chi connectivity index (χ0n) is 13.4. The Morgan fingerprint density at radius 3 is 2.95 bits per heavy atom. The summed E-state index contributed by atoms with van der Waals surface area (Å²) in [6.45, 7) is 6.50. The average molecular weight is 308 g/mol. The summed E-state index contributed by atoms with van der Waals surface area (Å²) in [4.78, 5) is 0. The van der Waals surface area contributed by atoms with Crippen LogP contribution < -0.4 is 10.1 Å². The standard InChI is InChI=1S/C18H29NOS/c1-3-10-19-16(14-21-12-4-2)13-15-9-11-20-18-8-6-5-7-17(15)18/h5-8,15-16,19H,3-4,9-14H2,1-2H3. The third-order valence-electron chi connectivity index (χ3n) is 4.00. The number of thioether (sulfide) groups is 1. The van der Waals surface area contributed by atoms with Crippen LogP contribution in [0.15, 0.2) is 24.3 Å². The topological polar surface area (TPSA) is 21.3 Å². The molecule has 1 N–H and O–H groups in total. The Morgan fingerprint density at radius 1 is 1.29 bits per heavy atom. The maximum atomic E-state index is 5.79. The molecule has 0 saturated heterocycles. The predicted octanol–water partition coefficient (Wildman–Crippen LogP) is 4.45. The molecule has 1 aliphatic rings. The van der Waals surface area contributed by atoms with Crippen molar-refractivity contribution in [1.29, 1.82) is 0 Å². The first kappa shape index (κ1) is 16.7. The van der Waals surface area contributed by atoms with Crippen LogP contribution in [-0.2, 0) is 0 Å². The van der Waals surface area contributed by atoms with Crippen LogP contribution in [0, 0.1) is 0 Å². The molecule has 21 heavy (non-hydrogen) atoms. The van der Waals surface area contributed by atoms with Gasteiger partial charge in [-0.05, 0) is 55.5 Å². The molecule has 0 saturated carbocycles. The van der Waals surface area contributed by atoms with E-state index in [0.717, 1.165) is 25.3 Å². The molecule has 0 spiro atoms. The van der Waals surface area contributed by atoms with Gasteiger partial charge in [0.25, 0.3) is 0 Å². The van der Waals surface area contributed by atoms with E-state index in [9.17, 15) is 0 Å². The molecule has 1 aliphatic heterocycles. The lowest BCUT2D eigenvalue weighted by Gasteiger charge is -2.29. The second-order valence-corrected chi connectivity index (χ2v) is 6.98. The second-order valence-electron chi connectivity index (χ2n) is 5.83. The van der Waals surface area contributed by atoms with E-state index in [1.165, 1.54) is 36.3 Å². The van der Waals surface area contributed by atoms with E-state index in [2.05, 4.69) is 55.2 Å². The minimum atomic E-state index is 0.623. The molecule has 2 unspecified atom stereocenters. The monoisotopic (exact) mass is 307 g/mol. The van der Waals surface area contributed by atoms with Crippen LogP contribution in [0.5, 0.6) is 5.75 Å². The molecule has 0 bridgehead atoms. The van der Waals surface area contributed by atoms with Gasteiger partial charge in [0.2, 0.25) is 0 Å². The molecular weight excluding hydrogens is 278 g/mol. The van der Waals surface area contributed by atoms with Crippen molar-refractivity contribution in [3.63, 3.8) is 0 Å². The van der Waals surface area contributed by atoms with Gasteiger partial charge in [-0.15, -0.1) is 0 Å². The molecule has 1 aromatic rings. The quantitative estimate of drug-likeness (QED) is 0.681. The number of para-hydroxylation sites is 1. The first-order chi connectivity index (χ1) is 10.3. The normalized spacial score (nSPS) is 18.9. The summed E-state index contributed by atoms with van der Waals surface area (Å²) >= 11 is 2.09. The third kappa shape index (κ3) is 5.23. The summed E-state index contributed by atoms with van der Waals surface area (Å²) < 4.78 is 5.79. The number of hydrogen-bond acceptors (Lipinski definition) is 3. The van der Waals surface area contributed by atoms with Gasteiger partial charge in [0.1, 0.15) is 5.75 Å². The van der Waals surface area contributed by atoms with E-state index >= 15 is 0 Å². The highest BCUT2D eigenvalue weighted by molar-refractivity contribution is 7.99. The van der Waals surface area contributed by atoms with Crippen molar-refractivity contribution < 1.29 is 4.74 Å². The van der Waals surface area contributed by atoms with Gasteiger partial charge < -0.3 is 10.1 Å². The molecule has 0 aliphatic carbocycles. The molecule has 1 heterocycles. The zero-order chi connectivity index (χ0) is 14.9. The van der Waals surface area contributed by atoms with Crippen molar-refractivity contribution in [2.24, 2.45) is 0 Å². The maximum Gasteiger partial charge on any atom is 0.122 e. The van der Waals surface area contributed by atoms with Gasteiger partial charge in [0.15, 0.2) is 0 Å². The molecule has 2 atom stereocenters. The Bertz CT molecular complexity index is 410. The Kier molecular flexibility index (Phi) is 7.45. The molecule has 0 amide bonds. The number of hydrogen-bond donors (Lipinski definition) is 1. The Morgan fingerprint density at radius 2 is 2.14 bits per heavy atom. The fourth-order valence-electron chi connectivity index (χ4n) is 2.93. The second kappa shape index (κ2) is 9.37. The molecule has 2 nitrogen and oxygen atoms in total. The van der Waals surface area contributed by atoms with E-state index in [1.54, 1.807) is 0 Å². The van der Waals surface area contributed by atoms with Crippen LogP contribution >= 0.6 is 11.8 Å². The first-order valence-corrected chi connectivity index (χ1v) is 9.53. The van der Waals surface area contributed by atoms with Gasteiger partial charge in [-0.25, -0.2) is 0 Å². The van der Waals surface area contributed by atoms with Crippen LogP contribution in [0.4, 0.5) is 0 Å². The SMILES string of the molecule is CCCNC(CSCCC)CC1CCOc2ccccc21. The van der Waals surface area contributed by atoms with Crippen molar-refractivity contribution in [2.75, 3.05) is 24.7 Å². The average Bonchev–Trinajstić information content (AvgIpc) is 2.53. The molecule has 118 valence electrons. The first-order valence-electron chi connectivity index (χ1n) is 8.38. The maximum absolute atomic E-state index is 5.79. The van der Waals surface area contributed by atoms with Crippen molar-refractivity contribution in [1.82, 2.24) is 5.32 Å². The van der Waals surface area contributed by atoms with Crippen LogP contribution in [0.2, 0.25) is 0 Å². The fraction of sp³-hybridized carbons (Fsp3) is 0.667. The van der Waals surface area contributed by atoms with Gasteiger partial charge in [-0.2, -0.15) is 11.8 Å². The summed E-state index contributed by atoms with van der Waals surface area (Å²) in [5.41, 5.74) is 1.41. The summed E-state index contributed by atoms with van der Waals surface area (Å²) in [5, 5.41) is 3.74. The minimum absolute atomic E-state index is 0.623. The summed E-state index contributed by atoms with van der Waals surface area (Å²) in [6, 6.07) is 9.20. The van der Waals surface area contributed by atoms with E-state index in [-0.39, 0.29) is 0 Å². The van der Waals surface area contributed by atoms with Crippen LogP contribution in [0.1, 0.15) is 51.0 Å². The lowest BCUT2D eigenvalue weighted by Crippen LogP contribution is -2.34. The molecule has 0 radical (unpaired) electrons. The highest BCUT2D eigenvalue weighted by Crippen LogP contribution is 2.36. The van der Waals surface area contributed by atoms with E-state index < -0.39 is 0 Å². The Hall–Kier alpha value is -0.670. The number of benzene rings is 1. The summed E-state index contributed by atoms with van der Waals surface area (Å²) in [5.74, 6) is 4.25. The van der Waals surface area contributed by atoms with Gasteiger partial charge in [-0.3, -0.25) is 0 Å². The minimum Gasteiger partial charge on any atom is -0.493 e. The molecule has 1 aromatic carbocycles. The smallest absolute Gasteiger partial charge is 0.122 e. The number of nitrogens with one attached hydrogen (secondary N) is 1. The largest absolute Gasteiger partial charge is 0.493 e. The number of fused-ring (bicyclic) bond motifs is 1. The van der Waals surface area contributed by atoms with Gasteiger partial charge in [0, 0.05) is 11.8 Å². The highest BCUT2D eigenvalue weighted by atomic mass is 32.2. The Balaban J connectivity index is 1.95. The van der Waals surface area contributed by atoms with E-state index in [4.69, 9.17) is 4.74 Å². The van der Waals surface area contributed by atoms with E-state index in [1.807, 2.05) is 0 Å². The van der Waals surface area contributed by atoms with Crippen LogP contribution in [-0.4, -0.2) is 30.7 Å². The van der Waals surface area contributed by atoms with Gasteiger partial charge in [-0.1, -0.05) is 32.0 Å². The van der Waals surface area contributed by atoms with Gasteiger partial charge in [0.05, 0.1) is 6.61 Å². The lowest BCUT2D eigenvalue weighted by atomic mass is 9.88. The lowest BCUT2D eigenvalue weighted by molar-refractivity contribution is 0.257. The Labute approximate surface area is 134 Å². The van der Waals surface area contributed by atoms with E-state index in [0.29, 0.717) is 12.0 Å². The zero-order valence-corrected chi connectivity index (χ0v) is 14.3. The number of rotatable bonds is 9. The van der Waals surface area contributed by atoms with Gasteiger partial charge >= 0.3 is 0 Å². The van der Waals surface area contributed by atoms with Crippen LogP contribution in [0.25, 0.3) is 0 Å².